The molecular weight excluding hydrogens is 286 g/mol. The fourth-order valence-electron chi connectivity index (χ4n) is 2.71. The molecule has 0 N–H and O–H groups in total. The van der Waals surface area contributed by atoms with E-state index < -0.39 is 0 Å². The summed E-state index contributed by atoms with van der Waals surface area (Å²) in [6.45, 7) is 6.21. The third kappa shape index (κ3) is 2.77. The first kappa shape index (κ1) is 14.4. The van der Waals surface area contributed by atoms with E-state index in [2.05, 4.69) is 18.9 Å². The van der Waals surface area contributed by atoms with Gasteiger partial charge >= 0.3 is 0 Å². The van der Waals surface area contributed by atoms with Crippen molar-refractivity contribution >= 4 is 11.6 Å². The van der Waals surface area contributed by atoms with Crippen LogP contribution in [0.4, 0.5) is 0 Å². The molecule has 0 aromatic carbocycles. The second kappa shape index (κ2) is 5.34. The number of hydrogen-bond donors (Lipinski definition) is 0. The van der Waals surface area contributed by atoms with Gasteiger partial charge in [-0.2, -0.15) is 5.10 Å². The van der Waals surface area contributed by atoms with Gasteiger partial charge in [-0.3, -0.25) is 14.0 Å². The summed E-state index contributed by atoms with van der Waals surface area (Å²) in [7, 11) is 0. The van der Waals surface area contributed by atoms with Crippen molar-refractivity contribution in [2.75, 3.05) is 0 Å². The number of nitrogens with zero attached hydrogens (tertiary/aromatic N) is 3. The van der Waals surface area contributed by atoms with E-state index in [1.165, 1.54) is 12.8 Å². The predicted octanol–water partition coefficient (Wildman–Crippen LogP) is 3.53. The number of aromatic nitrogens is 3. The zero-order chi connectivity index (χ0) is 15.1. The highest BCUT2D eigenvalue weighted by Gasteiger charge is 2.27. The minimum absolute atomic E-state index is 0.00606. The van der Waals surface area contributed by atoms with Crippen molar-refractivity contribution in [3.8, 4) is 5.69 Å². The highest BCUT2D eigenvalue weighted by molar-refractivity contribution is 6.30. The van der Waals surface area contributed by atoms with Gasteiger partial charge < -0.3 is 0 Å². The zero-order valence-corrected chi connectivity index (χ0v) is 13.4. The Kier molecular flexibility index (Phi) is 3.66. The number of halogens is 1. The van der Waals surface area contributed by atoms with Crippen molar-refractivity contribution in [3.05, 3.63) is 45.1 Å². The van der Waals surface area contributed by atoms with Crippen LogP contribution in [0.1, 0.15) is 44.0 Å². The smallest absolute Gasteiger partial charge is 0.258 e. The van der Waals surface area contributed by atoms with E-state index in [1.807, 2.05) is 11.6 Å². The van der Waals surface area contributed by atoms with Crippen LogP contribution in [0.5, 0.6) is 0 Å². The van der Waals surface area contributed by atoms with Gasteiger partial charge in [0.25, 0.3) is 5.56 Å². The van der Waals surface area contributed by atoms with Gasteiger partial charge in [0.05, 0.1) is 28.6 Å². The quantitative estimate of drug-likeness (QED) is 0.867. The molecular formula is C16H20ClN3O. The summed E-state index contributed by atoms with van der Waals surface area (Å²) in [6, 6.07) is 2.28. The van der Waals surface area contributed by atoms with Crippen molar-refractivity contribution < 1.29 is 0 Å². The second-order valence-electron chi connectivity index (χ2n) is 6.25. The Morgan fingerprint density at radius 3 is 2.76 bits per heavy atom. The molecule has 0 bridgehead atoms. The summed E-state index contributed by atoms with van der Waals surface area (Å²) in [5.41, 5.74) is 2.62. The lowest BCUT2D eigenvalue weighted by Gasteiger charge is -2.11. The lowest BCUT2D eigenvalue weighted by Crippen LogP contribution is -2.23. The van der Waals surface area contributed by atoms with Gasteiger partial charge in [-0.25, -0.2) is 0 Å². The first-order valence-corrected chi connectivity index (χ1v) is 7.80. The summed E-state index contributed by atoms with van der Waals surface area (Å²) in [5, 5.41) is 5.02. The van der Waals surface area contributed by atoms with Crippen LogP contribution in [0.15, 0.2) is 23.3 Å². The topological polar surface area (TPSA) is 39.8 Å². The summed E-state index contributed by atoms with van der Waals surface area (Å²) < 4.78 is 3.66. The van der Waals surface area contributed by atoms with Gasteiger partial charge in [0.15, 0.2) is 0 Å². The first-order valence-electron chi connectivity index (χ1n) is 7.43. The van der Waals surface area contributed by atoms with Gasteiger partial charge in [-0.1, -0.05) is 25.4 Å². The largest absolute Gasteiger partial charge is 0.279 e. The highest BCUT2D eigenvalue weighted by Crippen LogP contribution is 2.36. The summed E-state index contributed by atoms with van der Waals surface area (Å²) in [6.07, 6.45) is 6.53. The molecule has 2 aromatic rings. The molecule has 1 saturated carbocycles. The molecule has 0 amide bonds. The van der Waals surface area contributed by atoms with Crippen molar-refractivity contribution in [1.29, 1.82) is 0 Å². The third-order valence-corrected chi connectivity index (χ3v) is 4.06. The summed E-state index contributed by atoms with van der Waals surface area (Å²) in [4.78, 5) is 12.7. The van der Waals surface area contributed by atoms with Gasteiger partial charge in [0.1, 0.15) is 0 Å². The molecule has 112 valence electrons. The molecule has 0 unspecified atom stereocenters. The van der Waals surface area contributed by atoms with E-state index in [0.29, 0.717) is 17.0 Å². The molecule has 0 radical (unpaired) electrons. The van der Waals surface area contributed by atoms with E-state index in [0.717, 1.165) is 23.4 Å². The fraction of sp³-hybridized carbons (Fsp3) is 0.500. The molecule has 2 aromatic heterocycles. The average molecular weight is 306 g/mol. The second-order valence-corrected chi connectivity index (χ2v) is 6.68. The van der Waals surface area contributed by atoms with Crippen LogP contribution in [0.3, 0.4) is 0 Å². The Labute approximate surface area is 129 Å². The first-order chi connectivity index (χ1) is 9.97. The van der Waals surface area contributed by atoms with Crippen LogP contribution in [-0.4, -0.2) is 14.3 Å². The normalized spacial score (nSPS) is 14.9. The van der Waals surface area contributed by atoms with Crippen molar-refractivity contribution in [2.45, 2.75) is 46.1 Å². The Balaban J connectivity index is 2.09. The maximum atomic E-state index is 12.7. The standard InChI is InChI=1S/C16H20ClN3O/c1-10(2)6-12-7-13(17)9-19(16(12)21)15-8-18-20(11(15)3)14-4-5-14/h7-10,14H,4-6H2,1-3H3. The van der Waals surface area contributed by atoms with Crippen LogP contribution in [-0.2, 0) is 6.42 Å². The Hall–Kier alpha value is -1.55. The van der Waals surface area contributed by atoms with E-state index in [-0.39, 0.29) is 5.56 Å². The minimum Gasteiger partial charge on any atom is -0.279 e. The summed E-state index contributed by atoms with van der Waals surface area (Å²) in [5.74, 6) is 0.417. The van der Waals surface area contributed by atoms with Gasteiger partial charge in [-0.15, -0.1) is 0 Å². The number of rotatable bonds is 4. The maximum absolute atomic E-state index is 12.7. The molecule has 2 heterocycles. The lowest BCUT2D eigenvalue weighted by atomic mass is 10.0. The van der Waals surface area contributed by atoms with Crippen molar-refractivity contribution in [1.82, 2.24) is 14.3 Å². The lowest BCUT2D eigenvalue weighted by molar-refractivity contribution is 0.621. The van der Waals surface area contributed by atoms with Gasteiger partial charge in [-0.05, 0) is 38.2 Å². The monoisotopic (exact) mass is 305 g/mol. The van der Waals surface area contributed by atoms with Crippen LogP contribution < -0.4 is 5.56 Å². The molecule has 4 nitrogen and oxygen atoms in total. The summed E-state index contributed by atoms with van der Waals surface area (Å²) >= 11 is 6.20. The zero-order valence-electron chi connectivity index (χ0n) is 12.6. The van der Waals surface area contributed by atoms with E-state index in [1.54, 1.807) is 23.0 Å². The molecule has 1 fully saturated rings. The van der Waals surface area contributed by atoms with E-state index in [9.17, 15) is 4.79 Å². The molecule has 0 aliphatic heterocycles. The van der Waals surface area contributed by atoms with Crippen LogP contribution in [0.25, 0.3) is 5.69 Å². The third-order valence-electron chi connectivity index (χ3n) is 3.86. The van der Waals surface area contributed by atoms with Crippen LogP contribution in [0.2, 0.25) is 5.02 Å². The molecule has 5 heteroatoms. The SMILES string of the molecule is Cc1c(-n2cc(Cl)cc(CC(C)C)c2=O)cnn1C1CC1. The Morgan fingerprint density at radius 1 is 1.43 bits per heavy atom. The number of pyridine rings is 1. The van der Waals surface area contributed by atoms with Gasteiger partial charge in [0, 0.05) is 11.8 Å². The molecule has 0 atom stereocenters. The molecule has 1 aliphatic rings. The van der Waals surface area contributed by atoms with E-state index in [4.69, 9.17) is 11.6 Å². The molecule has 0 spiro atoms. The fourth-order valence-corrected chi connectivity index (χ4v) is 2.93. The van der Waals surface area contributed by atoms with E-state index >= 15 is 0 Å². The molecule has 3 rings (SSSR count). The average Bonchev–Trinajstić information content (AvgIpc) is 3.17. The van der Waals surface area contributed by atoms with Crippen LogP contribution in [0, 0.1) is 12.8 Å². The minimum atomic E-state index is 0.00606. The molecule has 21 heavy (non-hydrogen) atoms. The number of hydrogen-bond acceptors (Lipinski definition) is 2. The predicted molar refractivity (Wildman–Crippen MR) is 84.4 cm³/mol. The molecule has 1 aliphatic carbocycles. The Bertz CT molecular complexity index is 726. The van der Waals surface area contributed by atoms with Crippen molar-refractivity contribution in [3.63, 3.8) is 0 Å². The van der Waals surface area contributed by atoms with Crippen molar-refractivity contribution in [2.24, 2.45) is 5.92 Å². The van der Waals surface area contributed by atoms with Crippen LogP contribution >= 0.6 is 11.6 Å². The molecule has 0 saturated heterocycles. The maximum Gasteiger partial charge on any atom is 0.258 e. The highest BCUT2D eigenvalue weighted by atomic mass is 35.5. The Morgan fingerprint density at radius 2 is 2.14 bits per heavy atom. The van der Waals surface area contributed by atoms with Gasteiger partial charge in [0.2, 0.25) is 0 Å².